The summed E-state index contributed by atoms with van der Waals surface area (Å²) in [5, 5.41) is 8.69. The molecule has 0 aliphatic carbocycles. The molecule has 3 heterocycles. The molecule has 0 amide bonds. The number of hydrogen-bond acceptors (Lipinski definition) is 5. The molecule has 0 bridgehead atoms. The van der Waals surface area contributed by atoms with Crippen LogP contribution in [-0.4, -0.2) is 10.9 Å². The highest BCUT2D eigenvalue weighted by atomic mass is 32.1. The van der Waals surface area contributed by atoms with Gasteiger partial charge in [0, 0.05) is 10.3 Å². The summed E-state index contributed by atoms with van der Waals surface area (Å²) in [7, 11) is 0. The van der Waals surface area contributed by atoms with Crippen molar-refractivity contribution in [1.82, 2.24) is 4.68 Å². The third-order valence-corrected chi connectivity index (χ3v) is 5.20. The Bertz CT molecular complexity index is 1010. The summed E-state index contributed by atoms with van der Waals surface area (Å²) >= 11 is 3.21. The standard InChI is InChI=1S/C19H15N3OS2/c1-2-6-15(7-3-1)12-20-19-22(21-13-16-8-5-11-24-16)17(14-25-19)18-9-4-10-23-18/h1-11,13-14H,12H2. The second-order valence-corrected chi connectivity index (χ2v) is 7.07. The van der Waals surface area contributed by atoms with Crippen molar-refractivity contribution in [2.75, 3.05) is 0 Å². The first kappa shape index (κ1) is 15.8. The predicted octanol–water partition coefficient (Wildman–Crippen LogP) is 4.85. The molecule has 4 aromatic rings. The molecule has 0 radical (unpaired) electrons. The van der Waals surface area contributed by atoms with Crippen molar-refractivity contribution in [2.24, 2.45) is 10.1 Å². The fraction of sp³-hybridized carbons (Fsp3) is 0.0526. The molecule has 0 spiro atoms. The Morgan fingerprint density at radius 1 is 1.00 bits per heavy atom. The molecule has 6 heteroatoms. The quantitative estimate of drug-likeness (QED) is 0.466. The van der Waals surface area contributed by atoms with Gasteiger partial charge in [0.25, 0.3) is 0 Å². The monoisotopic (exact) mass is 365 g/mol. The van der Waals surface area contributed by atoms with Crippen LogP contribution >= 0.6 is 22.7 Å². The number of benzene rings is 1. The molecule has 0 saturated heterocycles. The average molecular weight is 365 g/mol. The maximum Gasteiger partial charge on any atom is 0.206 e. The van der Waals surface area contributed by atoms with Crippen molar-refractivity contribution < 1.29 is 4.42 Å². The van der Waals surface area contributed by atoms with Crippen molar-refractivity contribution in [2.45, 2.75) is 6.54 Å². The van der Waals surface area contributed by atoms with Crippen molar-refractivity contribution in [3.8, 4) is 11.5 Å². The Balaban J connectivity index is 1.73. The smallest absolute Gasteiger partial charge is 0.206 e. The topological polar surface area (TPSA) is 42.8 Å². The molecular formula is C19H15N3OS2. The van der Waals surface area contributed by atoms with Crippen LogP contribution in [0.1, 0.15) is 10.4 Å². The second-order valence-electron chi connectivity index (χ2n) is 5.25. The summed E-state index contributed by atoms with van der Waals surface area (Å²) in [5.74, 6) is 0.778. The fourth-order valence-corrected chi connectivity index (χ4v) is 3.73. The molecule has 0 N–H and O–H groups in total. The molecule has 124 valence electrons. The second kappa shape index (κ2) is 7.46. The molecule has 0 aliphatic rings. The van der Waals surface area contributed by atoms with E-state index in [0.29, 0.717) is 6.54 Å². The average Bonchev–Trinajstić information content (AvgIpc) is 3.40. The summed E-state index contributed by atoms with van der Waals surface area (Å²) in [4.78, 5) is 6.67. The van der Waals surface area contributed by atoms with Gasteiger partial charge in [0.15, 0.2) is 5.76 Å². The molecule has 3 aromatic heterocycles. The maximum absolute atomic E-state index is 5.55. The molecule has 1 aromatic carbocycles. The lowest BCUT2D eigenvalue weighted by atomic mass is 10.2. The van der Waals surface area contributed by atoms with Crippen molar-refractivity contribution >= 4 is 28.9 Å². The van der Waals surface area contributed by atoms with Crippen molar-refractivity contribution in [3.63, 3.8) is 0 Å². The van der Waals surface area contributed by atoms with Gasteiger partial charge in [-0.05, 0) is 29.1 Å². The molecule has 4 nitrogen and oxygen atoms in total. The summed E-state index contributed by atoms with van der Waals surface area (Å²) in [6, 6.07) is 18.1. The van der Waals surface area contributed by atoms with Gasteiger partial charge >= 0.3 is 0 Å². The zero-order chi connectivity index (χ0) is 16.9. The number of furan rings is 1. The molecule has 0 fully saturated rings. The van der Waals surface area contributed by atoms with E-state index in [1.54, 1.807) is 28.9 Å². The van der Waals surface area contributed by atoms with Gasteiger partial charge < -0.3 is 4.42 Å². The minimum atomic E-state index is 0.619. The van der Waals surface area contributed by atoms with Gasteiger partial charge in [0.05, 0.1) is 19.0 Å². The van der Waals surface area contributed by atoms with E-state index in [2.05, 4.69) is 17.2 Å². The van der Waals surface area contributed by atoms with Crippen LogP contribution in [0.3, 0.4) is 0 Å². The molecule has 0 saturated carbocycles. The molecular weight excluding hydrogens is 350 g/mol. The highest BCUT2D eigenvalue weighted by Crippen LogP contribution is 2.20. The molecule has 0 aliphatic heterocycles. The van der Waals surface area contributed by atoms with Crippen LogP contribution in [0, 0.1) is 0 Å². The molecule has 0 atom stereocenters. The van der Waals surface area contributed by atoms with Crippen LogP contribution in [0.5, 0.6) is 0 Å². The Labute approximate surface area is 153 Å². The Morgan fingerprint density at radius 3 is 2.68 bits per heavy atom. The van der Waals surface area contributed by atoms with E-state index in [4.69, 9.17) is 9.41 Å². The van der Waals surface area contributed by atoms with E-state index in [9.17, 15) is 0 Å². The van der Waals surface area contributed by atoms with E-state index >= 15 is 0 Å². The number of rotatable bonds is 5. The van der Waals surface area contributed by atoms with E-state index in [1.165, 1.54) is 5.56 Å². The van der Waals surface area contributed by atoms with Gasteiger partial charge in [0.2, 0.25) is 4.80 Å². The molecule has 4 rings (SSSR count). The minimum absolute atomic E-state index is 0.619. The number of thiazole rings is 1. The van der Waals surface area contributed by atoms with Crippen LogP contribution in [0.4, 0.5) is 0 Å². The third kappa shape index (κ3) is 3.70. The van der Waals surface area contributed by atoms with E-state index in [0.717, 1.165) is 21.1 Å². The van der Waals surface area contributed by atoms with Crippen LogP contribution in [0.25, 0.3) is 11.5 Å². The Kier molecular flexibility index (Phi) is 4.72. The SMILES string of the molecule is C(=Nn1c(-c2ccco2)csc1=NCc1ccccc1)c1cccs1. The lowest BCUT2D eigenvalue weighted by Crippen LogP contribution is -2.12. The van der Waals surface area contributed by atoms with Crippen LogP contribution in [0.15, 0.2) is 86.1 Å². The van der Waals surface area contributed by atoms with Gasteiger partial charge in [-0.15, -0.1) is 22.7 Å². The first-order valence-corrected chi connectivity index (χ1v) is 9.53. The number of hydrogen-bond donors (Lipinski definition) is 0. The Hall–Kier alpha value is -2.70. The predicted molar refractivity (Wildman–Crippen MR) is 103 cm³/mol. The van der Waals surface area contributed by atoms with E-state index in [1.807, 2.05) is 64.1 Å². The van der Waals surface area contributed by atoms with Crippen LogP contribution in [0.2, 0.25) is 0 Å². The largest absolute Gasteiger partial charge is 0.463 e. The first-order chi connectivity index (χ1) is 12.4. The van der Waals surface area contributed by atoms with Gasteiger partial charge in [-0.25, -0.2) is 4.68 Å². The van der Waals surface area contributed by atoms with Crippen molar-refractivity contribution in [3.05, 3.63) is 86.9 Å². The van der Waals surface area contributed by atoms with E-state index in [-0.39, 0.29) is 0 Å². The first-order valence-electron chi connectivity index (χ1n) is 7.77. The highest BCUT2D eigenvalue weighted by Gasteiger charge is 2.09. The number of nitrogens with zero attached hydrogens (tertiary/aromatic N) is 3. The summed E-state index contributed by atoms with van der Waals surface area (Å²) in [5.41, 5.74) is 2.07. The molecule has 25 heavy (non-hydrogen) atoms. The zero-order valence-electron chi connectivity index (χ0n) is 13.3. The maximum atomic E-state index is 5.55. The van der Waals surface area contributed by atoms with Gasteiger partial charge in [-0.2, -0.15) is 5.10 Å². The van der Waals surface area contributed by atoms with Gasteiger partial charge in [-0.1, -0.05) is 36.4 Å². The van der Waals surface area contributed by atoms with Crippen LogP contribution in [-0.2, 0) is 6.54 Å². The lowest BCUT2D eigenvalue weighted by Gasteiger charge is -2.00. The number of thiophene rings is 1. The van der Waals surface area contributed by atoms with Crippen LogP contribution < -0.4 is 4.80 Å². The van der Waals surface area contributed by atoms with Gasteiger partial charge in [0.1, 0.15) is 5.69 Å². The third-order valence-electron chi connectivity index (χ3n) is 3.54. The summed E-state index contributed by atoms with van der Waals surface area (Å²) in [6.07, 6.45) is 3.52. The summed E-state index contributed by atoms with van der Waals surface area (Å²) < 4.78 is 7.39. The minimum Gasteiger partial charge on any atom is -0.463 e. The zero-order valence-corrected chi connectivity index (χ0v) is 14.9. The normalized spacial score (nSPS) is 12.2. The molecule has 0 unspecified atom stereocenters. The lowest BCUT2D eigenvalue weighted by molar-refractivity contribution is 0.575. The number of aromatic nitrogens is 1. The van der Waals surface area contributed by atoms with E-state index < -0.39 is 0 Å². The fourth-order valence-electron chi connectivity index (χ4n) is 2.34. The van der Waals surface area contributed by atoms with Crippen molar-refractivity contribution in [1.29, 1.82) is 0 Å². The highest BCUT2D eigenvalue weighted by molar-refractivity contribution is 7.11. The van der Waals surface area contributed by atoms with Gasteiger partial charge in [-0.3, -0.25) is 4.99 Å². The summed E-state index contributed by atoms with van der Waals surface area (Å²) in [6.45, 7) is 0.619. The Morgan fingerprint density at radius 2 is 1.92 bits per heavy atom.